The molecule has 0 unspecified atom stereocenters. The topological polar surface area (TPSA) is 127 Å². The van der Waals surface area contributed by atoms with Crippen molar-refractivity contribution in [2.75, 3.05) is 5.32 Å². The van der Waals surface area contributed by atoms with Crippen LogP contribution in [0.3, 0.4) is 0 Å². The molecular weight excluding hydrogens is 394 g/mol. The Balaban J connectivity index is 1.51. The second kappa shape index (κ2) is 8.15. The standard InChI is InChI=1S/C19H15N5O4S/c1-11-20-16(23-27-11)10-29-15-8-3-2-7-14(15)18(25)21-13-6-4-5-12(9-13)17-22-19(26)28-24-17/h2-9H,10H2,1H3,(H,21,25)(H,22,24,26). The van der Waals surface area contributed by atoms with Gasteiger partial charge in [0.1, 0.15) is 0 Å². The van der Waals surface area contributed by atoms with E-state index in [-0.39, 0.29) is 11.7 Å². The minimum absolute atomic E-state index is 0.261. The van der Waals surface area contributed by atoms with Gasteiger partial charge in [-0.15, -0.1) is 11.8 Å². The first kappa shape index (κ1) is 18.7. The molecule has 2 heterocycles. The van der Waals surface area contributed by atoms with E-state index in [0.717, 1.165) is 4.90 Å². The maximum absolute atomic E-state index is 12.8. The third-order valence-electron chi connectivity index (χ3n) is 3.89. The zero-order valence-corrected chi connectivity index (χ0v) is 16.0. The quantitative estimate of drug-likeness (QED) is 0.465. The van der Waals surface area contributed by atoms with Gasteiger partial charge in [-0.3, -0.25) is 14.3 Å². The summed E-state index contributed by atoms with van der Waals surface area (Å²) in [5.74, 6) is 0.936. The number of aromatic amines is 1. The van der Waals surface area contributed by atoms with Crippen LogP contribution in [0.5, 0.6) is 0 Å². The van der Waals surface area contributed by atoms with Gasteiger partial charge in [-0.05, 0) is 24.3 Å². The Morgan fingerprint density at radius 1 is 1.14 bits per heavy atom. The van der Waals surface area contributed by atoms with E-state index in [2.05, 4.69) is 30.1 Å². The normalized spacial score (nSPS) is 10.8. The Labute approximate surface area is 168 Å². The molecule has 0 radical (unpaired) electrons. The summed E-state index contributed by atoms with van der Waals surface area (Å²) in [5.41, 5.74) is 1.70. The molecule has 0 saturated heterocycles. The number of carbonyl (C=O) groups is 1. The Kier molecular flexibility index (Phi) is 5.25. The van der Waals surface area contributed by atoms with Gasteiger partial charge in [-0.2, -0.15) is 4.98 Å². The first-order valence-electron chi connectivity index (χ1n) is 8.57. The number of aryl methyl sites for hydroxylation is 1. The number of rotatable bonds is 6. The highest BCUT2D eigenvalue weighted by Crippen LogP contribution is 2.27. The van der Waals surface area contributed by atoms with Crippen LogP contribution in [-0.4, -0.2) is 26.2 Å². The molecule has 4 rings (SSSR count). The number of aromatic nitrogens is 4. The highest BCUT2D eigenvalue weighted by molar-refractivity contribution is 7.98. The third-order valence-corrected chi connectivity index (χ3v) is 4.96. The van der Waals surface area contributed by atoms with Gasteiger partial charge in [0, 0.05) is 23.1 Å². The Hall–Kier alpha value is -3.66. The molecule has 146 valence electrons. The van der Waals surface area contributed by atoms with Crippen LogP contribution in [0.4, 0.5) is 5.69 Å². The number of nitrogens with one attached hydrogen (secondary N) is 2. The van der Waals surface area contributed by atoms with E-state index in [9.17, 15) is 9.59 Å². The van der Waals surface area contributed by atoms with Gasteiger partial charge >= 0.3 is 5.76 Å². The summed E-state index contributed by atoms with van der Waals surface area (Å²) in [4.78, 5) is 31.4. The maximum Gasteiger partial charge on any atom is 0.439 e. The first-order chi connectivity index (χ1) is 14.1. The van der Waals surface area contributed by atoms with Crippen molar-refractivity contribution < 1.29 is 13.8 Å². The molecule has 9 nitrogen and oxygen atoms in total. The lowest BCUT2D eigenvalue weighted by Crippen LogP contribution is -2.13. The van der Waals surface area contributed by atoms with Crippen molar-refractivity contribution in [2.45, 2.75) is 17.6 Å². The molecule has 0 saturated carbocycles. The van der Waals surface area contributed by atoms with E-state index in [1.54, 1.807) is 43.3 Å². The molecule has 0 aliphatic carbocycles. The summed E-state index contributed by atoms with van der Waals surface area (Å²) in [5, 5.41) is 10.4. The number of hydrogen-bond acceptors (Lipinski definition) is 8. The van der Waals surface area contributed by atoms with Crippen LogP contribution in [0, 0.1) is 6.92 Å². The summed E-state index contributed by atoms with van der Waals surface area (Å²) in [6.45, 7) is 1.73. The molecule has 2 N–H and O–H groups in total. The van der Waals surface area contributed by atoms with Gasteiger partial charge in [0.25, 0.3) is 5.91 Å². The van der Waals surface area contributed by atoms with Crippen LogP contribution >= 0.6 is 11.8 Å². The van der Waals surface area contributed by atoms with E-state index >= 15 is 0 Å². The van der Waals surface area contributed by atoms with Gasteiger partial charge < -0.3 is 9.84 Å². The van der Waals surface area contributed by atoms with Crippen molar-refractivity contribution in [1.29, 1.82) is 0 Å². The number of carbonyl (C=O) groups excluding carboxylic acids is 1. The third kappa shape index (κ3) is 4.43. The van der Waals surface area contributed by atoms with E-state index in [0.29, 0.717) is 34.3 Å². The molecule has 29 heavy (non-hydrogen) atoms. The van der Waals surface area contributed by atoms with Crippen LogP contribution in [-0.2, 0) is 5.75 Å². The average molecular weight is 409 g/mol. The first-order valence-corrected chi connectivity index (χ1v) is 9.56. The highest BCUT2D eigenvalue weighted by atomic mass is 32.2. The smallest absolute Gasteiger partial charge is 0.340 e. The van der Waals surface area contributed by atoms with E-state index in [1.165, 1.54) is 11.8 Å². The Bertz CT molecular complexity index is 1210. The number of benzene rings is 2. The average Bonchev–Trinajstić information content (AvgIpc) is 3.35. The van der Waals surface area contributed by atoms with Gasteiger partial charge in [0.2, 0.25) is 5.89 Å². The lowest BCUT2D eigenvalue weighted by Gasteiger charge is -2.10. The molecule has 0 spiro atoms. The van der Waals surface area contributed by atoms with Crippen LogP contribution in [0.15, 0.2) is 67.3 Å². The van der Waals surface area contributed by atoms with Crippen molar-refractivity contribution in [1.82, 2.24) is 20.3 Å². The summed E-state index contributed by atoms with van der Waals surface area (Å²) in [6, 6.07) is 14.2. The predicted molar refractivity (Wildman–Crippen MR) is 106 cm³/mol. The van der Waals surface area contributed by atoms with Crippen LogP contribution in [0.1, 0.15) is 22.1 Å². The number of thioether (sulfide) groups is 1. The zero-order chi connectivity index (χ0) is 20.2. The zero-order valence-electron chi connectivity index (χ0n) is 15.2. The fourth-order valence-corrected chi connectivity index (χ4v) is 3.51. The van der Waals surface area contributed by atoms with Gasteiger partial charge in [0.05, 0.1) is 11.3 Å². The monoisotopic (exact) mass is 409 g/mol. The fourth-order valence-electron chi connectivity index (χ4n) is 2.62. The summed E-state index contributed by atoms with van der Waals surface area (Å²) in [6.07, 6.45) is 0. The Morgan fingerprint density at radius 2 is 2.00 bits per heavy atom. The van der Waals surface area contributed by atoms with E-state index in [4.69, 9.17) is 4.52 Å². The minimum atomic E-state index is -0.641. The maximum atomic E-state index is 12.8. The number of amides is 1. The summed E-state index contributed by atoms with van der Waals surface area (Å²) < 4.78 is 9.49. The molecule has 1 amide bonds. The van der Waals surface area contributed by atoms with Crippen molar-refractivity contribution in [3.05, 3.63) is 76.4 Å². The van der Waals surface area contributed by atoms with Gasteiger partial charge in [-0.25, -0.2) is 4.79 Å². The van der Waals surface area contributed by atoms with Gasteiger partial charge in [-0.1, -0.05) is 34.6 Å². The van der Waals surface area contributed by atoms with Crippen LogP contribution in [0.25, 0.3) is 11.4 Å². The summed E-state index contributed by atoms with van der Waals surface area (Å²) >= 11 is 1.45. The number of hydrogen-bond donors (Lipinski definition) is 2. The minimum Gasteiger partial charge on any atom is -0.340 e. The number of anilines is 1. The van der Waals surface area contributed by atoms with Crippen LogP contribution < -0.4 is 11.1 Å². The Morgan fingerprint density at radius 3 is 2.76 bits per heavy atom. The number of nitrogens with zero attached hydrogens (tertiary/aromatic N) is 3. The summed E-state index contributed by atoms with van der Waals surface area (Å²) in [7, 11) is 0. The molecule has 4 aromatic rings. The largest absolute Gasteiger partial charge is 0.439 e. The van der Waals surface area contributed by atoms with Crippen molar-refractivity contribution in [3.63, 3.8) is 0 Å². The molecule has 0 atom stereocenters. The van der Waals surface area contributed by atoms with Crippen molar-refractivity contribution in [2.24, 2.45) is 0 Å². The fraction of sp³-hybridized carbons (Fsp3) is 0.105. The molecule has 0 aliphatic rings. The molecule has 2 aromatic heterocycles. The molecule has 0 bridgehead atoms. The second-order valence-electron chi connectivity index (χ2n) is 5.99. The molecule has 0 fully saturated rings. The molecular formula is C19H15N5O4S. The van der Waals surface area contributed by atoms with E-state index < -0.39 is 5.76 Å². The highest BCUT2D eigenvalue weighted by Gasteiger charge is 2.14. The lowest BCUT2D eigenvalue weighted by atomic mass is 10.1. The van der Waals surface area contributed by atoms with Gasteiger partial charge in [0.15, 0.2) is 11.6 Å². The molecule has 0 aliphatic heterocycles. The lowest BCUT2D eigenvalue weighted by molar-refractivity contribution is 0.102. The second-order valence-corrected chi connectivity index (χ2v) is 7.01. The van der Waals surface area contributed by atoms with Crippen molar-refractivity contribution in [3.8, 4) is 11.4 Å². The van der Waals surface area contributed by atoms with Crippen molar-refractivity contribution >= 4 is 23.4 Å². The molecule has 10 heteroatoms. The predicted octanol–water partition coefficient (Wildman–Crippen LogP) is 3.27. The number of H-pyrrole nitrogens is 1. The molecule has 2 aromatic carbocycles. The van der Waals surface area contributed by atoms with Crippen LogP contribution in [0.2, 0.25) is 0 Å². The van der Waals surface area contributed by atoms with E-state index in [1.807, 2.05) is 12.1 Å². The SMILES string of the molecule is Cc1nc(CSc2ccccc2C(=O)Nc2cccc(-c3noc(=O)[nH]3)c2)no1.